The number of thioether (sulfide) groups is 1. The summed E-state index contributed by atoms with van der Waals surface area (Å²) in [6, 6.07) is 5.84. The summed E-state index contributed by atoms with van der Waals surface area (Å²) in [7, 11) is 0. The summed E-state index contributed by atoms with van der Waals surface area (Å²) in [5.41, 5.74) is 7.12. The van der Waals surface area contributed by atoms with Crippen molar-refractivity contribution in [2.45, 2.75) is 25.3 Å². The van der Waals surface area contributed by atoms with Crippen molar-refractivity contribution >= 4 is 45.8 Å². The topological polar surface area (TPSA) is 114 Å². The quantitative estimate of drug-likeness (QED) is 0.598. The second-order valence-corrected chi connectivity index (χ2v) is 7.90. The molecule has 0 aliphatic carbocycles. The summed E-state index contributed by atoms with van der Waals surface area (Å²) in [5, 5.41) is 8.56. The van der Waals surface area contributed by atoms with Gasteiger partial charge in [-0.15, -0.1) is 0 Å². The Morgan fingerprint density at radius 2 is 2.21 bits per heavy atom. The van der Waals surface area contributed by atoms with Crippen LogP contribution in [0.15, 0.2) is 34.3 Å². The van der Waals surface area contributed by atoms with Crippen LogP contribution in [0.2, 0.25) is 0 Å². The number of carbonyl (C=O) groups is 2. The summed E-state index contributed by atoms with van der Waals surface area (Å²) < 4.78 is 5.08. The first-order valence-electron chi connectivity index (χ1n) is 9.15. The van der Waals surface area contributed by atoms with E-state index < -0.39 is 5.54 Å². The Morgan fingerprint density at radius 3 is 2.96 bits per heavy atom. The molecule has 1 saturated heterocycles. The SMILES string of the molecule is CCOC(=O)C1(N)CCN(C2=NC(=O)/C(=C/c3ccc4[nH]ncc4c3)S2)CC1. The van der Waals surface area contributed by atoms with Gasteiger partial charge in [-0.25, -0.2) is 0 Å². The van der Waals surface area contributed by atoms with E-state index in [1.54, 1.807) is 13.1 Å². The molecule has 8 nitrogen and oxygen atoms in total. The smallest absolute Gasteiger partial charge is 0.326 e. The Kier molecular flexibility index (Phi) is 4.94. The molecular formula is C19H21N5O3S. The number of hydrogen-bond donors (Lipinski definition) is 2. The van der Waals surface area contributed by atoms with E-state index in [4.69, 9.17) is 10.5 Å². The van der Waals surface area contributed by atoms with Gasteiger partial charge in [0.05, 0.1) is 23.2 Å². The fourth-order valence-electron chi connectivity index (χ4n) is 3.31. The fourth-order valence-corrected chi connectivity index (χ4v) is 4.28. The second-order valence-electron chi connectivity index (χ2n) is 6.89. The summed E-state index contributed by atoms with van der Waals surface area (Å²) in [4.78, 5) is 31.2. The van der Waals surface area contributed by atoms with Crippen LogP contribution < -0.4 is 5.73 Å². The molecule has 0 radical (unpaired) electrons. The van der Waals surface area contributed by atoms with Gasteiger partial charge in [0.25, 0.3) is 5.91 Å². The van der Waals surface area contributed by atoms with E-state index in [0.29, 0.717) is 42.6 Å². The number of nitrogens with two attached hydrogens (primary N) is 1. The lowest BCUT2D eigenvalue weighted by Crippen LogP contribution is -2.56. The molecule has 3 N–H and O–H groups in total. The summed E-state index contributed by atoms with van der Waals surface area (Å²) in [5.74, 6) is -0.607. The molecule has 4 rings (SSSR count). The molecule has 2 aliphatic heterocycles. The van der Waals surface area contributed by atoms with Gasteiger partial charge in [0.2, 0.25) is 0 Å². The summed E-state index contributed by atoms with van der Waals surface area (Å²) in [6.07, 6.45) is 4.52. The predicted molar refractivity (Wildman–Crippen MR) is 108 cm³/mol. The Balaban J connectivity index is 1.43. The first-order chi connectivity index (χ1) is 13.5. The minimum atomic E-state index is -0.959. The van der Waals surface area contributed by atoms with Crippen molar-refractivity contribution in [3.63, 3.8) is 0 Å². The Morgan fingerprint density at radius 1 is 1.43 bits per heavy atom. The second kappa shape index (κ2) is 7.40. The number of aromatic amines is 1. The Labute approximate surface area is 166 Å². The molecule has 28 heavy (non-hydrogen) atoms. The largest absolute Gasteiger partial charge is 0.465 e. The van der Waals surface area contributed by atoms with Gasteiger partial charge in [-0.05, 0) is 55.3 Å². The van der Waals surface area contributed by atoms with Crippen molar-refractivity contribution < 1.29 is 14.3 Å². The number of aliphatic imine (C=N–C) groups is 1. The number of hydrogen-bond acceptors (Lipinski definition) is 7. The Hall–Kier alpha value is -2.65. The monoisotopic (exact) mass is 399 g/mol. The molecule has 0 saturated carbocycles. The van der Waals surface area contributed by atoms with E-state index in [1.165, 1.54) is 11.8 Å². The van der Waals surface area contributed by atoms with Crippen molar-refractivity contribution in [1.82, 2.24) is 15.1 Å². The maximum Gasteiger partial charge on any atom is 0.326 e. The summed E-state index contributed by atoms with van der Waals surface area (Å²) >= 11 is 1.35. The number of likely N-dealkylation sites (tertiary alicyclic amines) is 1. The molecule has 1 amide bonds. The van der Waals surface area contributed by atoms with E-state index in [2.05, 4.69) is 15.2 Å². The Bertz CT molecular complexity index is 988. The first kappa shape index (κ1) is 18.7. The molecule has 3 heterocycles. The lowest BCUT2D eigenvalue weighted by atomic mass is 9.89. The van der Waals surface area contributed by atoms with Crippen LogP contribution in [0.5, 0.6) is 0 Å². The maximum atomic E-state index is 12.3. The highest BCUT2D eigenvalue weighted by molar-refractivity contribution is 8.18. The fraction of sp³-hybridized carbons (Fsp3) is 0.368. The van der Waals surface area contributed by atoms with Gasteiger partial charge in [-0.1, -0.05) is 6.07 Å². The van der Waals surface area contributed by atoms with Crippen LogP contribution in [-0.2, 0) is 14.3 Å². The van der Waals surface area contributed by atoms with Crippen molar-refractivity contribution in [2.24, 2.45) is 10.7 Å². The van der Waals surface area contributed by atoms with Gasteiger partial charge < -0.3 is 15.4 Å². The molecule has 1 aromatic heterocycles. The predicted octanol–water partition coefficient (Wildman–Crippen LogP) is 1.89. The number of ether oxygens (including phenoxy) is 1. The highest BCUT2D eigenvalue weighted by Gasteiger charge is 2.40. The molecule has 0 bridgehead atoms. The number of nitrogens with zero attached hydrogens (tertiary/aromatic N) is 3. The number of benzene rings is 1. The molecule has 1 fully saturated rings. The number of nitrogens with one attached hydrogen (secondary N) is 1. The van der Waals surface area contributed by atoms with Crippen LogP contribution in [0.3, 0.4) is 0 Å². The molecule has 0 spiro atoms. The number of carbonyl (C=O) groups excluding carboxylic acids is 2. The molecule has 0 unspecified atom stereocenters. The van der Waals surface area contributed by atoms with Gasteiger partial charge in [0.15, 0.2) is 5.17 Å². The van der Waals surface area contributed by atoms with E-state index in [9.17, 15) is 9.59 Å². The molecule has 1 aromatic carbocycles. The number of fused-ring (bicyclic) bond motifs is 1. The van der Waals surface area contributed by atoms with E-state index in [0.717, 1.165) is 16.5 Å². The standard InChI is InChI=1S/C19H21N5O3S/c1-2-27-17(26)19(20)5-7-24(8-6-19)18-22-16(25)15(28-18)10-12-3-4-14-13(9-12)11-21-23-14/h3-4,9-11H,2,5-8,20H2,1H3,(H,21,23)/b15-10-. The maximum absolute atomic E-state index is 12.3. The molecule has 146 valence electrons. The van der Waals surface area contributed by atoms with Crippen molar-refractivity contribution in [3.8, 4) is 0 Å². The first-order valence-corrected chi connectivity index (χ1v) is 9.97. The molecular weight excluding hydrogens is 378 g/mol. The number of amidine groups is 1. The highest BCUT2D eigenvalue weighted by atomic mass is 32.2. The van der Waals surface area contributed by atoms with Gasteiger partial charge >= 0.3 is 5.97 Å². The van der Waals surface area contributed by atoms with Crippen molar-refractivity contribution in [2.75, 3.05) is 19.7 Å². The van der Waals surface area contributed by atoms with Gasteiger partial charge in [-0.3, -0.25) is 14.7 Å². The van der Waals surface area contributed by atoms with Gasteiger partial charge in [0.1, 0.15) is 5.54 Å². The minimum absolute atomic E-state index is 0.248. The lowest BCUT2D eigenvalue weighted by molar-refractivity contribution is -0.151. The van der Waals surface area contributed by atoms with E-state index >= 15 is 0 Å². The van der Waals surface area contributed by atoms with E-state index in [1.807, 2.05) is 29.2 Å². The molecule has 9 heteroatoms. The average molecular weight is 399 g/mol. The minimum Gasteiger partial charge on any atom is -0.465 e. The van der Waals surface area contributed by atoms with Gasteiger partial charge in [0, 0.05) is 18.5 Å². The third-order valence-corrected chi connectivity index (χ3v) is 6.02. The van der Waals surface area contributed by atoms with Gasteiger partial charge in [-0.2, -0.15) is 10.1 Å². The third kappa shape index (κ3) is 3.55. The number of aromatic nitrogens is 2. The molecule has 2 aliphatic rings. The van der Waals surface area contributed by atoms with Crippen LogP contribution in [0.25, 0.3) is 17.0 Å². The number of amides is 1. The highest BCUT2D eigenvalue weighted by Crippen LogP contribution is 2.33. The molecule has 0 atom stereocenters. The zero-order valence-electron chi connectivity index (χ0n) is 15.5. The zero-order valence-corrected chi connectivity index (χ0v) is 16.3. The van der Waals surface area contributed by atoms with Crippen molar-refractivity contribution in [1.29, 1.82) is 0 Å². The summed E-state index contributed by atoms with van der Waals surface area (Å²) in [6.45, 7) is 3.20. The van der Waals surface area contributed by atoms with Crippen LogP contribution in [0.1, 0.15) is 25.3 Å². The number of rotatable bonds is 3. The van der Waals surface area contributed by atoms with Crippen molar-refractivity contribution in [3.05, 3.63) is 34.9 Å². The third-order valence-electron chi connectivity index (χ3n) is 4.98. The normalized spacial score (nSPS) is 20.6. The average Bonchev–Trinajstić information content (AvgIpc) is 3.29. The van der Waals surface area contributed by atoms with Crippen LogP contribution in [0, 0.1) is 0 Å². The van der Waals surface area contributed by atoms with E-state index in [-0.39, 0.29) is 11.9 Å². The van der Waals surface area contributed by atoms with Crippen LogP contribution >= 0.6 is 11.8 Å². The molecule has 2 aromatic rings. The number of piperidine rings is 1. The zero-order chi connectivity index (χ0) is 19.7. The lowest BCUT2D eigenvalue weighted by Gasteiger charge is -2.37. The number of esters is 1. The van der Waals surface area contributed by atoms with Crippen LogP contribution in [0.4, 0.5) is 0 Å². The number of H-pyrrole nitrogens is 1. The van der Waals surface area contributed by atoms with Crippen LogP contribution in [-0.4, -0.2) is 57.4 Å².